The molecular formula is C10H16N2O4. The molecule has 1 aliphatic rings. The molecule has 2 N–H and O–H groups in total. The molecule has 1 aliphatic carbocycles. The minimum Gasteiger partial charge on any atom is -0.466 e. The number of carbonyl (C=O) groups is 2. The summed E-state index contributed by atoms with van der Waals surface area (Å²) in [6.07, 6.45) is 1.96. The van der Waals surface area contributed by atoms with Crippen molar-refractivity contribution in [3.8, 4) is 0 Å². The van der Waals surface area contributed by atoms with E-state index in [0.717, 1.165) is 12.8 Å². The molecule has 1 fully saturated rings. The minimum atomic E-state index is -0.573. The molecule has 0 heterocycles. The average molecular weight is 228 g/mol. The Hall–Kier alpha value is -1.59. The van der Waals surface area contributed by atoms with Crippen molar-refractivity contribution in [2.75, 3.05) is 6.61 Å². The Balaban J connectivity index is 2.15. The summed E-state index contributed by atoms with van der Waals surface area (Å²) in [5.74, 6) is -0.377. The van der Waals surface area contributed by atoms with E-state index in [4.69, 9.17) is 5.73 Å². The second-order valence-corrected chi connectivity index (χ2v) is 3.56. The largest absolute Gasteiger partial charge is 0.466 e. The fourth-order valence-corrected chi connectivity index (χ4v) is 1.04. The van der Waals surface area contributed by atoms with Crippen LogP contribution < -0.4 is 5.73 Å². The SMILES string of the molecule is CCOC(=O)CCC(=O)O/N=C(\N)C1CC1. The van der Waals surface area contributed by atoms with Gasteiger partial charge in [0.15, 0.2) is 0 Å². The van der Waals surface area contributed by atoms with E-state index < -0.39 is 11.9 Å². The molecule has 1 rings (SSSR count). The number of rotatable bonds is 6. The van der Waals surface area contributed by atoms with Crippen molar-refractivity contribution in [2.45, 2.75) is 32.6 Å². The summed E-state index contributed by atoms with van der Waals surface area (Å²) in [6, 6.07) is 0. The van der Waals surface area contributed by atoms with Crippen molar-refractivity contribution in [3.05, 3.63) is 0 Å². The first-order valence-corrected chi connectivity index (χ1v) is 5.32. The number of carbonyl (C=O) groups excluding carboxylic acids is 2. The van der Waals surface area contributed by atoms with Gasteiger partial charge in [0, 0.05) is 5.92 Å². The van der Waals surface area contributed by atoms with Crippen LogP contribution in [0.3, 0.4) is 0 Å². The van der Waals surface area contributed by atoms with E-state index in [1.165, 1.54) is 0 Å². The number of oxime groups is 1. The average Bonchev–Trinajstić information content (AvgIpc) is 3.07. The van der Waals surface area contributed by atoms with Gasteiger partial charge in [-0.3, -0.25) is 4.79 Å². The van der Waals surface area contributed by atoms with Crippen molar-refractivity contribution in [1.82, 2.24) is 0 Å². The van der Waals surface area contributed by atoms with Crippen molar-refractivity contribution < 1.29 is 19.2 Å². The number of esters is 1. The Kier molecular flexibility index (Phi) is 4.75. The molecule has 0 radical (unpaired) electrons. The van der Waals surface area contributed by atoms with Gasteiger partial charge in [-0.1, -0.05) is 5.16 Å². The van der Waals surface area contributed by atoms with E-state index >= 15 is 0 Å². The van der Waals surface area contributed by atoms with Crippen molar-refractivity contribution in [1.29, 1.82) is 0 Å². The second-order valence-electron chi connectivity index (χ2n) is 3.56. The van der Waals surface area contributed by atoms with Crippen molar-refractivity contribution in [3.63, 3.8) is 0 Å². The highest BCUT2D eigenvalue weighted by atomic mass is 16.7. The number of nitrogens with two attached hydrogens (primary N) is 1. The Bertz CT molecular complexity index is 297. The zero-order valence-electron chi connectivity index (χ0n) is 9.27. The van der Waals surface area contributed by atoms with Crippen LogP contribution in [0.15, 0.2) is 5.16 Å². The van der Waals surface area contributed by atoms with Crippen molar-refractivity contribution in [2.24, 2.45) is 16.8 Å². The van der Waals surface area contributed by atoms with Crippen LogP contribution in [0.5, 0.6) is 0 Å². The quantitative estimate of drug-likeness (QED) is 0.236. The van der Waals surface area contributed by atoms with Gasteiger partial charge >= 0.3 is 11.9 Å². The summed E-state index contributed by atoms with van der Waals surface area (Å²) >= 11 is 0. The Morgan fingerprint density at radius 3 is 2.50 bits per heavy atom. The zero-order chi connectivity index (χ0) is 12.0. The highest BCUT2D eigenvalue weighted by Gasteiger charge is 2.26. The summed E-state index contributed by atoms with van der Waals surface area (Å²) in [6.45, 7) is 2.01. The normalized spacial score (nSPS) is 15.7. The monoisotopic (exact) mass is 228 g/mol. The first kappa shape index (κ1) is 12.5. The molecule has 0 bridgehead atoms. The minimum absolute atomic E-state index is 0.00548. The molecule has 0 amide bonds. The highest BCUT2D eigenvalue weighted by Crippen LogP contribution is 2.28. The van der Waals surface area contributed by atoms with Gasteiger partial charge in [0.1, 0.15) is 5.84 Å². The maximum Gasteiger partial charge on any atom is 0.335 e. The number of ether oxygens (including phenoxy) is 1. The highest BCUT2D eigenvalue weighted by molar-refractivity contribution is 5.85. The summed E-state index contributed by atoms with van der Waals surface area (Å²) in [7, 11) is 0. The van der Waals surface area contributed by atoms with Gasteiger partial charge < -0.3 is 15.3 Å². The fraction of sp³-hybridized carbons (Fsp3) is 0.700. The van der Waals surface area contributed by atoms with Gasteiger partial charge in [-0.25, -0.2) is 4.79 Å². The standard InChI is InChI=1S/C10H16N2O4/c1-2-15-8(13)5-6-9(14)16-12-10(11)7-3-4-7/h7H,2-6H2,1H3,(H2,11,12). The molecular weight excluding hydrogens is 212 g/mol. The predicted molar refractivity (Wildman–Crippen MR) is 56.3 cm³/mol. The Morgan fingerprint density at radius 1 is 1.31 bits per heavy atom. The number of amidine groups is 1. The molecule has 16 heavy (non-hydrogen) atoms. The fourth-order valence-electron chi connectivity index (χ4n) is 1.04. The van der Waals surface area contributed by atoms with Gasteiger partial charge in [-0.2, -0.15) is 0 Å². The third-order valence-electron chi connectivity index (χ3n) is 2.09. The van der Waals surface area contributed by atoms with Gasteiger partial charge in [-0.15, -0.1) is 0 Å². The van der Waals surface area contributed by atoms with E-state index in [9.17, 15) is 9.59 Å². The smallest absolute Gasteiger partial charge is 0.335 e. The maximum atomic E-state index is 11.1. The molecule has 1 saturated carbocycles. The first-order valence-electron chi connectivity index (χ1n) is 5.32. The summed E-state index contributed by atoms with van der Waals surface area (Å²) in [4.78, 5) is 26.6. The van der Waals surface area contributed by atoms with E-state index in [1.54, 1.807) is 6.92 Å². The van der Waals surface area contributed by atoms with Gasteiger partial charge in [0.25, 0.3) is 0 Å². The summed E-state index contributed by atoms with van der Waals surface area (Å²) in [5, 5.41) is 3.50. The van der Waals surface area contributed by atoms with E-state index in [0.29, 0.717) is 12.4 Å². The molecule has 0 aliphatic heterocycles. The molecule has 0 spiro atoms. The molecule has 0 aromatic heterocycles. The molecule has 0 unspecified atom stereocenters. The van der Waals surface area contributed by atoms with Crippen LogP contribution in [0.4, 0.5) is 0 Å². The van der Waals surface area contributed by atoms with Gasteiger partial charge in [0.05, 0.1) is 19.4 Å². The lowest BCUT2D eigenvalue weighted by atomic mass is 10.3. The molecule has 0 atom stereocenters. The lowest BCUT2D eigenvalue weighted by Crippen LogP contribution is -2.16. The molecule has 6 nitrogen and oxygen atoms in total. The molecule has 0 saturated heterocycles. The number of hydrogen-bond acceptors (Lipinski definition) is 5. The van der Waals surface area contributed by atoms with E-state index in [1.807, 2.05) is 0 Å². The van der Waals surface area contributed by atoms with Crippen LogP contribution >= 0.6 is 0 Å². The second kappa shape index (κ2) is 6.09. The third kappa shape index (κ3) is 4.77. The van der Waals surface area contributed by atoms with Gasteiger partial charge in [-0.05, 0) is 19.8 Å². The van der Waals surface area contributed by atoms with Crippen molar-refractivity contribution >= 4 is 17.8 Å². The maximum absolute atomic E-state index is 11.1. The predicted octanol–water partition coefficient (Wildman–Crippen LogP) is 0.555. The summed E-state index contributed by atoms with van der Waals surface area (Å²) in [5.41, 5.74) is 5.51. The topological polar surface area (TPSA) is 91.0 Å². The molecule has 6 heteroatoms. The van der Waals surface area contributed by atoms with Gasteiger partial charge in [0.2, 0.25) is 0 Å². The van der Waals surface area contributed by atoms with Crippen LogP contribution in [0, 0.1) is 5.92 Å². The molecule has 0 aromatic carbocycles. The Morgan fingerprint density at radius 2 is 1.94 bits per heavy atom. The number of hydrogen-bond donors (Lipinski definition) is 1. The van der Waals surface area contributed by atoms with Crippen LogP contribution in [0.2, 0.25) is 0 Å². The van der Waals surface area contributed by atoms with E-state index in [2.05, 4.69) is 14.7 Å². The number of nitrogens with zero attached hydrogens (tertiary/aromatic N) is 1. The molecule has 0 aromatic rings. The lowest BCUT2D eigenvalue weighted by Gasteiger charge is -2.00. The van der Waals surface area contributed by atoms with E-state index in [-0.39, 0.29) is 18.8 Å². The van der Waals surface area contributed by atoms with Crippen LogP contribution in [-0.4, -0.2) is 24.4 Å². The first-order chi connectivity index (χ1) is 7.63. The van der Waals surface area contributed by atoms with Crippen LogP contribution in [-0.2, 0) is 19.2 Å². The third-order valence-corrected chi connectivity index (χ3v) is 2.09. The summed E-state index contributed by atoms with van der Waals surface area (Å²) < 4.78 is 4.66. The molecule has 90 valence electrons. The van der Waals surface area contributed by atoms with Crippen LogP contribution in [0.1, 0.15) is 32.6 Å². The Labute approximate surface area is 93.8 Å². The van der Waals surface area contributed by atoms with Crippen LogP contribution in [0.25, 0.3) is 0 Å². The lowest BCUT2D eigenvalue weighted by molar-refractivity contribution is -0.150. The zero-order valence-corrected chi connectivity index (χ0v) is 9.27.